The van der Waals surface area contributed by atoms with Crippen molar-refractivity contribution < 1.29 is 29.7 Å². The van der Waals surface area contributed by atoms with Crippen molar-refractivity contribution in [2.45, 2.75) is 26.2 Å². The molecule has 0 radical (unpaired) electrons. The average molecular weight is 258 g/mol. The molecule has 0 aromatic heterocycles. The Morgan fingerprint density at radius 3 is 1.83 bits per heavy atom. The molecule has 1 aliphatic rings. The zero-order chi connectivity index (χ0) is 14.3. The predicted octanol–water partition coefficient (Wildman–Crippen LogP) is 1.47. The first kappa shape index (κ1) is 16.1. The average Bonchev–Trinajstić information content (AvgIpc) is 2.29. The summed E-state index contributed by atoms with van der Waals surface area (Å²) in [6, 6.07) is 0. The quantitative estimate of drug-likeness (QED) is 0.661. The summed E-state index contributed by atoms with van der Waals surface area (Å²) in [5, 5.41) is 25.2. The highest BCUT2D eigenvalue weighted by Gasteiger charge is 2.37. The molecule has 0 bridgehead atoms. The second kappa shape index (κ2) is 7.47. The van der Waals surface area contributed by atoms with E-state index in [4.69, 9.17) is 15.3 Å². The van der Waals surface area contributed by atoms with Gasteiger partial charge < -0.3 is 15.3 Å². The first-order valence-electron chi connectivity index (χ1n) is 5.60. The Bertz CT molecular complexity index is 335. The van der Waals surface area contributed by atoms with Crippen molar-refractivity contribution in [2.24, 2.45) is 17.8 Å². The van der Waals surface area contributed by atoms with Gasteiger partial charge in [-0.3, -0.25) is 9.59 Å². The van der Waals surface area contributed by atoms with E-state index in [1.807, 2.05) is 6.92 Å². The number of hydrogen-bond acceptors (Lipinski definition) is 3. The molecule has 1 saturated carbocycles. The van der Waals surface area contributed by atoms with Gasteiger partial charge in [0.15, 0.2) is 0 Å². The third kappa shape index (κ3) is 5.47. The Hall–Kier alpha value is -1.85. The summed E-state index contributed by atoms with van der Waals surface area (Å²) in [5.41, 5.74) is 0. The van der Waals surface area contributed by atoms with Crippen LogP contribution in [-0.4, -0.2) is 33.2 Å². The van der Waals surface area contributed by atoms with E-state index in [9.17, 15) is 14.4 Å². The molecule has 0 amide bonds. The molecule has 3 atom stereocenters. The van der Waals surface area contributed by atoms with Gasteiger partial charge in [-0.15, -0.1) is 0 Å². The van der Waals surface area contributed by atoms with E-state index >= 15 is 0 Å². The van der Waals surface area contributed by atoms with Crippen LogP contribution in [0.2, 0.25) is 0 Å². The summed E-state index contributed by atoms with van der Waals surface area (Å²) in [6.07, 6.45) is 2.64. The van der Waals surface area contributed by atoms with Gasteiger partial charge in [0.2, 0.25) is 0 Å². The molecular formula is C12H18O6. The zero-order valence-corrected chi connectivity index (χ0v) is 10.2. The van der Waals surface area contributed by atoms with Crippen LogP contribution in [0.25, 0.3) is 0 Å². The monoisotopic (exact) mass is 258 g/mol. The highest BCUT2D eigenvalue weighted by molar-refractivity contribution is 5.80. The number of aliphatic carboxylic acids is 3. The minimum atomic E-state index is -0.981. The first-order valence-corrected chi connectivity index (χ1v) is 5.60. The van der Waals surface area contributed by atoms with Crippen LogP contribution in [0.3, 0.4) is 0 Å². The molecule has 3 N–H and O–H groups in total. The fourth-order valence-electron chi connectivity index (χ4n) is 1.95. The Morgan fingerprint density at radius 1 is 1.06 bits per heavy atom. The minimum Gasteiger partial charge on any atom is -0.481 e. The van der Waals surface area contributed by atoms with Crippen LogP contribution in [0.1, 0.15) is 26.2 Å². The van der Waals surface area contributed by atoms with Crippen LogP contribution < -0.4 is 0 Å². The largest absolute Gasteiger partial charge is 0.481 e. The van der Waals surface area contributed by atoms with Gasteiger partial charge in [-0.1, -0.05) is 13.5 Å². The van der Waals surface area contributed by atoms with Gasteiger partial charge >= 0.3 is 17.9 Å². The number of carboxylic acids is 3. The van der Waals surface area contributed by atoms with Gasteiger partial charge in [-0.25, -0.2) is 4.79 Å². The normalized spacial score (nSPS) is 26.4. The molecule has 18 heavy (non-hydrogen) atoms. The maximum atomic E-state index is 10.8. The maximum Gasteiger partial charge on any atom is 0.327 e. The van der Waals surface area contributed by atoms with Gasteiger partial charge in [0.05, 0.1) is 11.8 Å². The third-order valence-corrected chi connectivity index (χ3v) is 2.92. The highest BCUT2D eigenvalue weighted by Crippen LogP contribution is 2.33. The molecule has 102 valence electrons. The van der Waals surface area contributed by atoms with Gasteiger partial charge in [-0.05, 0) is 25.2 Å². The second-order valence-corrected chi connectivity index (χ2v) is 4.35. The van der Waals surface area contributed by atoms with Crippen LogP contribution in [0.5, 0.6) is 0 Å². The van der Waals surface area contributed by atoms with E-state index in [0.717, 1.165) is 12.5 Å². The lowest BCUT2D eigenvalue weighted by molar-refractivity contribution is -0.156. The fourth-order valence-corrected chi connectivity index (χ4v) is 1.95. The minimum absolute atomic E-state index is 0.330. The summed E-state index contributed by atoms with van der Waals surface area (Å²) in [5.74, 6) is -3.98. The van der Waals surface area contributed by atoms with Gasteiger partial charge in [0.1, 0.15) is 0 Å². The zero-order valence-electron chi connectivity index (χ0n) is 10.2. The Balaban J connectivity index is 0.000000494. The number of carboxylic acid groups (broad SMARTS) is 3. The molecule has 0 aliphatic heterocycles. The van der Waals surface area contributed by atoms with E-state index in [1.54, 1.807) is 0 Å². The van der Waals surface area contributed by atoms with Crippen molar-refractivity contribution >= 4 is 17.9 Å². The number of rotatable bonds is 3. The molecule has 1 fully saturated rings. The van der Waals surface area contributed by atoms with Crippen molar-refractivity contribution in [3.63, 3.8) is 0 Å². The van der Waals surface area contributed by atoms with E-state index in [1.165, 1.54) is 0 Å². The Morgan fingerprint density at radius 2 is 1.50 bits per heavy atom. The lowest BCUT2D eigenvalue weighted by Crippen LogP contribution is -2.34. The standard InChI is InChI=1S/C9H14O4.C3H4O2/c1-5-2-3-6(8(10)11)7(4-5)9(12)13;1-2-3(4)5/h5-7H,2-4H2,1H3,(H,10,11)(H,12,13);2H,1H2,(H,4,5). The summed E-state index contributed by atoms with van der Waals surface area (Å²) in [4.78, 5) is 30.7. The van der Waals surface area contributed by atoms with Crippen molar-refractivity contribution in [3.05, 3.63) is 12.7 Å². The summed E-state index contributed by atoms with van der Waals surface area (Å²) >= 11 is 0. The van der Waals surface area contributed by atoms with E-state index in [-0.39, 0.29) is 0 Å². The molecule has 6 heteroatoms. The van der Waals surface area contributed by atoms with Gasteiger partial charge in [-0.2, -0.15) is 0 Å². The molecule has 3 unspecified atom stereocenters. The second-order valence-electron chi connectivity index (χ2n) is 4.35. The van der Waals surface area contributed by atoms with Crippen LogP contribution >= 0.6 is 0 Å². The SMILES string of the molecule is C=CC(=O)O.CC1CCC(C(=O)O)C(C(=O)O)C1. The predicted molar refractivity (Wildman–Crippen MR) is 63.1 cm³/mol. The molecule has 1 rings (SSSR count). The fraction of sp³-hybridized carbons (Fsp3) is 0.583. The molecule has 0 aromatic carbocycles. The van der Waals surface area contributed by atoms with Crippen molar-refractivity contribution in [1.29, 1.82) is 0 Å². The first-order chi connectivity index (χ1) is 8.29. The molecule has 1 aliphatic carbocycles. The lowest BCUT2D eigenvalue weighted by atomic mass is 9.75. The van der Waals surface area contributed by atoms with E-state index in [0.29, 0.717) is 18.8 Å². The Labute approximate surface area is 105 Å². The summed E-state index contributed by atoms with van der Waals surface area (Å²) in [6.45, 7) is 4.93. The van der Waals surface area contributed by atoms with Crippen molar-refractivity contribution in [3.8, 4) is 0 Å². The van der Waals surface area contributed by atoms with Crippen LogP contribution in [0, 0.1) is 17.8 Å². The van der Waals surface area contributed by atoms with Crippen LogP contribution in [0.15, 0.2) is 12.7 Å². The third-order valence-electron chi connectivity index (χ3n) is 2.92. The molecule has 0 saturated heterocycles. The lowest BCUT2D eigenvalue weighted by Gasteiger charge is -2.29. The molecule has 6 nitrogen and oxygen atoms in total. The maximum absolute atomic E-state index is 10.8. The number of hydrogen-bond donors (Lipinski definition) is 3. The summed E-state index contributed by atoms with van der Waals surface area (Å²) < 4.78 is 0. The molecule has 0 heterocycles. The van der Waals surface area contributed by atoms with Gasteiger partial charge in [0, 0.05) is 6.08 Å². The Kier molecular flexibility index (Phi) is 6.70. The summed E-state index contributed by atoms with van der Waals surface area (Å²) in [7, 11) is 0. The van der Waals surface area contributed by atoms with Crippen molar-refractivity contribution in [1.82, 2.24) is 0 Å². The van der Waals surface area contributed by atoms with Crippen LogP contribution in [-0.2, 0) is 14.4 Å². The smallest absolute Gasteiger partial charge is 0.327 e. The van der Waals surface area contributed by atoms with E-state index < -0.39 is 29.7 Å². The highest BCUT2D eigenvalue weighted by atomic mass is 16.4. The van der Waals surface area contributed by atoms with Crippen LogP contribution in [0.4, 0.5) is 0 Å². The van der Waals surface area contributed by atoms with E-state index in [2.05, 4.69) is 6.58 Å². The molecule has 0 spiro atoms. The number of carbonyl (C=O) groups is 3. The molecular weight excluding hydrogens is 240 g/mol. The molecule has 0 aromatic rings. The van der Waals surface area contributed by atoms with Gasteiger partial charge in [0.25, 0.3) is 0 Å². The topological polar surface area (TPSA) is 112 Å². The van der Waals surface area contributed by atoms with Crippen molar-refractivity contribution in [2.75, 3.05) is 0 Å².